The molecule has 0 saturated carbocycles. The summed E-state index contributed by atoms with van der Waals surface area (Å²) in [5.74, 6) is 0.802. The van der Waals surface area contributed by atoms with Crippen molar-refractivity contribution in [1.29, 1.82) is 0 Å². The Bertz CT molecular complexity index is 639. The Morgan fingerprint density at radius 3 is 2.83 bits per heavy atom. The van der Waals surface area contributed by atoms with E-state index >= 15 is 0 Å². The number of piperidine rings is 1. The zero-order chi connectivity index (χ0) is 16.2. The minimum atomic E-state index is -0.544. The zero-order valence-corrected chi connectivity index (χ0v) is 13.3. The molecule has 0 bridgehead atoms. The fraction of sp³-hybridized carbons (Fsp3) is 0.562. The van der Waals surface area contributed by atoms with Gasteiger partial charge in [0.15, 0.2) is 0 Å². The molecule has 1 aromatic carbocycles. The first-order valence-corrected chi connectivity index (χ1v) is 8.04. The first-order valence-electron chi connectivity index (χ1n) is 8.04. The molecule has 0 radical (unpaired) electrons. The molecule has 1 atom stereocenters. The number of likely N-dealkylation sites (tertiary alicyclic amines) is 1. The number of tetrazole rings is 1. The van der Waals surface area contributed by atoms with Gasteiger partial charge < -0.3 is 10.0 Å². The number of aromatic nitrogens is 4. The molecule has 2 heterocycles. The number of aliphatic hydroxyl groups is 1. The van der Waals surface area contributed by atoms with Gasteiger partial charge in [-0.05, 0) is 49.2 Å². The highest BCUT2D eigenvalue weighted by molar-refractivity contribution is 5.53. The number of benzene rings is 1. The van der Waals surface area contributed by atoms with Crippen molar-refractivity contribution < 1.29 is 9.50 Å². The normalized spacial score (nSPS) is 18.2. The minimum absolute atomic E-state index is 0.286. The van der Waals surface area contributed by atoms with E-state index in [1.54, 1.807) is 12.1 Å². The van der Waals surface area contributed by atoms with Crippen LogP contribution in [0.25, 0.3) is 11.4 Å². The summed E-state index contributed by atoms with van der Waals surface area (Å²) >= 11 is 0. The van der Waals surface area contributed by atoms with Crippen molar-refractivity contribution in [2.24, 2.45) is 5.92 Å². The third kappa shape index (κ3) is 4.33. The number of hydrogen-bond acceptors (Lipinski definition) is 5. The monoisotopic (exact) mass is 319 g/mol. The van der Waals surface area contributed by atoms with E-state index in [1.807, 2.05) is 0 Å². The molecule has 0 amide bonds. The van der Waals surface area contributed by atoms with Crippen LogP contribution in [0.1, 0.15) is 19.8 Å². The van der Waals surface area contributed by atoms with E-state index in [-0.39, 0.29) is 12.4 Å². The van der Waals surface area contributed by atoms with Gasteiger partial charge in [-0.1, -0.05) is 19.1 Å². The lowest BCUT2D eigenvalue weighted by atomic mass is 9.99. The topological polar surface area (TPSA) is 67.1 Å². The summed E-state index contributed by atoms with van der Waals surface area (Å²) in [6, 6.07) is 6.08. The molecular formula is C16H22FN5O. The van der Waals surface area contributed by atoms with Gasteiger partial charge >= 0.3 is 0 Å². The van der Waals surface area contributed by atoms with Gasteiger partial charge in [0.1, 0.15) is 5.82 Å². The average molecular weight is 319 g/mol. The predicted octanol–water partition coefficient (Wildman–Crippen LogP) is 1.57. The lowest BCUT2D eigenvalue weighted by Crippen LogP contribution is -2.40. The van der Waals surface area contributed by atoms with Crippen molar-refractivity contribution in [2.75, 3.05) is 19.6 Å². The third-order valence-electron chi connectivity index (χ3n) is 4.25. The van der Waals surface area contributed by atoms with Crippen LogP contribution in [-0.2, 0) is 6.54 Å². The Labute approximate surface area is 134 Å². The molecule has 7 heteroatoms. The number of halogens is 1. The van der Waals surface area contributed by atoms with Crippen LogP contribution in [0.2, 0.25) is 0 Å². The second kappa shape index (κ2) is 7.14. The molecule has 6 nitrogen and oxygen atoms in total. The molecular weight excluding hydrogens is 297 g/mol. The van der Waals surface area contributed by atoms with E-state index in [2.05, 4.69) is 27.2 Å². The van der Waals surface area contributed by atoms with Gasteiger partial charge in [-0.3, -0.25) is 0 Å². The molecule has 1 saturated heterocycles. The van der Waals surface area contributed by atoms with Crippen LogP contribution in [0.15, 0.2) is 24.3 Å². The fourth-order valence-corrected chi connectivity index (χ4v) is 2.85. The molecule has 1 unspecified atom stereocenters. The van der Waals surface area contributed by atoms with Crippen LogP contribution in [0.4, 0.5) is 4.39 Å². The lowest BCUT2D eigenvalue weighted by Gasteiger charge is -2.31. The molecule has 1 aliphatic rings. The van der Waals surface area contributed by atoms with Gasteiger partial charge in [0.05, 0.1) is 12.6 Å². The van der Waals surface area contributed by atoms with Crippen LogP contribution >= 0.6 is 0 Å². The molecule has 0 aliphatic carbocycles. The first-order chi connectivity index (χ1) is 11.1. The Hall–Kier alpha value is -1.86. The van der Waals surface area contributed by atoms with E-state index in [1.165, 1.54) is 29.8 Å². The maximum absolute atomic E-state index is 13.2. The number of aliphatic hydroxyl groups excluding tert-OH is 1. The van der Waals surface area contributed by atoms with Gasteiger partial charge in [-0.15, -0.1) is 10.2 Å². The van der Waals surface area contributed by atoms with Crippen LogP contribution < -0.4 is 0 Å². The van der Waals surface area contributed by atoms with Crippen LogP contribution in [0.5, 0.6) is 0 Å². The van der Waals surface area contributed by atoms with Crippen molar-refractivity contribution in [3.8, 4) is 11.4 Å². The third-order valence-corrected chi connectivity index (χ3v) is 4.25. The summed E-state index contributed by atoms with van der Waals surface area (Å²) in [5.41, 5.74) is 0.579. The largest absolute Gasteiger partial charge is 0.390 e. The number of hydrogen-bond donors (Lipinski definition) is 1. The van der Waals surface area contributed by atoms with Gasteiger partial charge in [0.2, 0.25) is 5.82 Å². The fourth-order valence-electron chi connectivity index (χ4n) is 2.85. The van der Waals surface area contributed by atoms with E-state index in [0.29, 0.717) is 17.9 Å². The summed E-state index contributed by atoms with van der Waals surface area (Å²) in [4.78, 5) is 3.65. The molecule has 124 valence electrons. The van der Waals surface area contributed by atoms with E-state index in [9.17, 15) is 9.50 Å². The highest BCUT2D eigenvalue weighted by Crippen LogP contribution is 2.17. The van der Waals surface area contributed by atoms with E-state index in [4.69, 9.17) is 0 Å². The van der Waals surface area contributed by atoms with Gasteiger partial charge in [-0.25, -0.2) is 4.39 Å². The molecule has 2 aromatic rings. The summed E-state index contributed by atoms with van der Waals surface area (Å²) in [6.07, 6.45) is 1.81. The van der Waals surface area contributed by atoms with Crippen molar-refractivity contribution in [3.05, 3.63) is 30.1 Å². The number of nitrogens with zero attached hydrogens (tertiary/aromatic N) is 5. The van der Waals surface area contributed by atoms with Crippen molar-refractivity contribution in [3.63, 3.8) is 0 Å². The quantitative estimate of drug-likeness (QED) is 0.906. The average Bonchev–Trinajstić information content (AvgIpc) is 2.98. The first kappa shape index (κ1) is 16.0. The van der Waals surface area contributed by atoms with E-state index in [0.717, 1.165) is 19.0 Å². The second-order valence-electron chi connectivity index (χ2n) is 6.32. The molecule has 1 N–H and O–H groups in total. The van der Waals surface area contributed by atoms with Crippen molar-refractivity contribution in [1.82, 2.24) is 25.1 Å². The zero-order valence-electron chi connectivity index (χ0n) is 13.3. The van der Waals surface area contributed by atoms with E-state index < -0.39 is 6.10 Å². The summed E-state index contributed by atoms with van der Waals surface area (Å²) < 4.78 is 13.2. The summed E-state index contributed by atoms with van der Waals surface area (Å²) in [6.45, 7) is 5.22. The minimum Gasteiger partial charge on any atom is -0.390 e. The SMILES string of the molecule is CC1CCN(CC(O)Cn2nnc(-c3cccc(F)c3)n2)CC1. The van der Waals surface area contributed by atoms with Crippen LogP contribution in [0, 0.1) is 11.7 Å². The highest BCUT2D eigenvalue weighted by Gasteiger charge is 2.19. The molecule has 1 fully saturated rings. The molecule has 23 heavy (non-hydrogen) atoms. The van der Waals surface area contributed by atoms with Crippen molar-refractivity contribution in [2.45, 2.75) is 32.4 Å². The Kier molecular flexibility index (Phi) is 4.97. The second-order valence-corrected chi connectivity index (χ2v) is 6.32. The van der Waals surface area contributed by atoms with Crippen molar-refractivity contribution >= 4 is 0 Å². The van der Waals surface area contributed by atoms with Gasteiger partial charge in [0, 0.05) is 12.1 Å². The maximum Gasteiger partial charge on any atom is 0.205 e. The molecule has 0 spiro atoms. The Morgan fingerprint density at radius 2 is 2.09 bits per heavy atom. The van der Waals surface area contributed by atoms with Gasteiger partial charge in [-0.2, -0.15) is 4.80 Å². The lowest BCUT2D eigenvalue weighted by molar-refractivity contribution is 0.0743. The number of rotatable bonds is 5. The smallest absolute Gasteiger partial charge is 0.205 e. The predicted molar refractivity (Wildman–Crippen MR) is 84.1 cm³/mol. The summed E-state index contributed by atoms with van der Waals surface area (Å²) in [5, 5.41) is 22.3. The maximum atomic E-state index is 13.2. The Morgan fingerprint density at radius 1 is 1.30 bits per heavy atom. The van der Waals surface area contributed by atoms with Gasteiger partial charge in [0.25, 0.3) is 0 Å². The molecule has 1 aliphatic heterocycles. The van der Waals surface area contributed by atoms with Crippen LogP contribution in [0.3, 0.4) is 0 Å². The standard InChI is InChI=1S/C16H22FN5O/c1-12-5-7-21(8-6-12)10-15(23)11-22-19-16(18-20-22)13-3-2-4-14(17)9-13/h2-4,9,12,15,23H,5-8,10-11H2,1H3. The summed E-state index contributed by atoms with van der Waals surface area (Å²) in [7, 11) is 0. The van der Waals surface area contributed by atoms with Crippen LogP contribution in [-0.4, -0.2) is 56.0 Å². The molecule has 1 aromatic heterocycles. The number of β-amino-alcohol motifs (C(OH)–C–C–N with tert-alkyl or cyclic N) is 1. The highest BCUT2D eigenvalue weighted by atomic mass is 19.1. The Balaban J connectivity index is 1.56. The molecule has 3 rings (SSSR count).